The van der Waals surface area contributed by atoms with E-state index in [1.165, 1.54) is 16.7 Å². The van der Waals surface area contributed by atoms with Gasteiger partial charge in [0, 0.05) is 25.0 Å². The topological polar surface area (TPSA) is 47.6 Å². The molecule has 0 aromatic heterocycles. The van der Waals surface area contributed by atoms with Crippen molar-refractivity contribution in [2.75, 3.05) is 6.61 Å². The second-order valence-corrected chi connectivity index (χ2v) is 9.60. The maximum absolute atomic E-state index is 12.7. The van der Waals surface area contributed by atoms with Gasteiger partial charge in [0.15, 0.2) is 0 Å². The van der Waals surface area contributed by atoms with Gasteiger partial charge in [-0.3, -0.25) is 4.79 Å². The average molecular weight is 424 g/mol. The molecule has 1 fully saturated rings. The molecule has 0 radical (unpaired) electrons. The second-order valence-electron chi connectivity index (χ2n) is 9.60. The molecule has 3 rings (SSSR count). The van der Waals surface area contributed by atoms with Crippen LogP contribution < -0.4 is 10.1 Å². The van der Waals surface area contributed by atoms with Gasteiger partial charge in [0.1, 0.15) is 5.75 Å². The van der Waals surface area contributed by atoms with E-state index in [-0.39, 0.29) is 29.6 Å². The lowest BCUT2D eigenvalue weighted by Crippen LogP contribution is -2.45. The van der Waals surface area contributed by atoms with Crippen LogP contribution in [0.3, 0.4) is 0 Å². The summed E-state index contributed by atoms with van der Waals surface area (Å²) in [4.78, 5) is 12.7. The molecular weight excluding hydrogens is 386 g/mol. The van der Waals surface area contributed by atoms with Crippen LogP contribution >= 0.6 is 0 Å². The molecule has 1 aliphatic rings. The zero-order valence-corrected chi connectivity index (χ0v) is 19.6. The minimum Gasteiger partial charge on any atom is -0.491 e. The van der Waals surface area contributed by atoms with Crippen LogP contribution in [0.2, 0.25) is 0 Å². The zero-order valence-electron chi connectivity index (χ0n) is 19.6. The molecular formula is C27H37NO3. The van der Waals surface area contributed by atoms with Crippen molar-refractivity contribution in [3.8, 4) is 5.75 Å². The Bertz CT molecular complexity index is 840. The van der Waals surface area contributed by atoms with Gasteiger partial charge < -0.3 is 14.8 Å². The van der Waals surface area contributed by atoms with E-state index in [0.717, 1.165) is 25.0 Å². The van der Waals surface area contributed by atoms with Crippen molar-refractivity contribution < 1.29 is 14.3 Å². The van der Waals surface area contributed by atoms with E-state index < -0.39 is 0 Å². The molecule has 0 spiro atoms. The van der Waals surface area contributed by atoms with Crippen molar-refractivity contribution in [2.24, 2.45) is 0 Å². The third kappa shape index (κ3) is 7.10. The fraction of sp³-hybridized carbons (Fsp3) is 0.519. The smallest absolute Gasteiger partial charge is 0.220 e. The van der Waals surface area contributed by atoms with Crippen LogP contribution in [0.15, 0.2) is 48.5 Å². The van der Waals surface area contributed by atoms with E-state index in [4.69, 9.17) is 9.47 Å². The molecule has 0 saturated carbocycles. The Morgan fingerprint density at radius 3 is 2.29 bits per heavy atom. The predicted molar refractivity (Wildman–Crippen MR) is 126 cm³/mol. The van der Waals surface area contributed by atoms with E-state index in [2.05, 4.69) is 62.5 Å². The number of hydrogen-bond donors (Lipinski definition) is 1. The Kier molecular flexibility index (Phi) is 7.77. The lowest BCUT2D eigenvalue weighted by Gasteiger charge is -2.35. The highest BCUT2D eigenvalue weighted by Crippen LogP contribution is 2.31. The Labute approximate surface area is 187 Å². The van der Waals surface area contributed by atoms with Gasteiger partial charge in [-0.15, -0.1) is 0 Å². The van der Waals surface area contributed by atoms with Crippen molar-refractivity contribution in [2.45, 2.75) is 84.0 Å². The highest BCUT2D eigenvalue weighted by atomic mass is 16.5. The van der Waals surface area contributed by atoms with Crippen LogP contribution in [0.5, 0.6) is 5.75 Å². The van der Waals surface area contributed by atoms with Crippen LogP contribution in [0.1, 0.15) is 76.0 Å². The fourth-order valence-corrected chi connectivity index (χ4v) is 4.31. The molecule has 2 aromatic carbocycles. The summed E-state index contributed by atoms with van der Waals surface area (Å²) in [6.07, 6.45) is 3.16. The quantitative estimate of drug-likeness (QED) is 0.586. The third-order valence-corrected chi connectivity index (χ3v) is 5.86. The van der Waals surface area contributed by atoms with Gasteiger partial charge in [0.2, 0.25) is 5.91 Å². The maximum Gasteiger partial charge on any atom is 0.220 e. The predicted octanol–water partition coefficient (Wildman–Crippen LogP) is 5.77. The Morgan fingerprint density at radius 1 is 1.10 bits per heavy atom. The van der Waals surface area contributed by atoms with Crippen LogP contribution in [-0.2, 0) is 9.53 Å². The van der Waals surface area contributed by atoms with Gasteiger partial charge in [-0.2, -0.15) is 0 Å². The number of nitrogens with one attached hydrogen (secondary N) is 1. The molecule has 2 atom stereocenters. The van der Waals surface area contributed by atoms with Crippen LogP contribution in [-0.4, -0.2) is 30.3 Å². The van der Waals surface area contributed by atoms with Crippen molar-refractivity contribution in [1.82, 2.24) is 5.32 Å². The summed E-state index contributed by atoms with van der Waals surface area (Å²) >= 11 is 0. The summed E-state index contributed by atoms with van der Waals surface area (Å²) in [5.41, 5.74) is 3.52. The Hall–Kier alpha value is -2.33. The minimum absolute atomic E-state index is 0.125. The minimum atomic E-state index is -0.166. The summed E-state index contributed by atoms with van der Waals surface area (Å²) < 4.78 is 11.6. The van der Waals surface area contributed by atoms with Crippen molar-refractivity contribution in [3.05, 3.63) is 65.2 Å². The highest BCUT2D eigenvalue weighted by Gasteiger charge is 2.29. The molecule has 2 aromatic rings. The maximum atomic E-state index is 12.7. The van der Waals surface area contributed by atoms with Gasteiger partial charge in [-0.25, -0.2) is 0 Å². The normalized spacial score (nSPS) is 19.1. The summed E-state index contributed by atoms with van der Waals surface area (Å²) in [7, 11) is 0. The fourth-order valence-electron chi connectivity index (χ4n) is 4.31. The van der Waals surface area contributed by atoms with E-state index in [1.807, 2.05) is 26.0 Å². The van der Waals surface area contributed by atoms with Crippen LogP contribution in [0.25, 0.3) is 0 Å². The van der Waals surface area contributed by atoms with Gasteiger partial charge in [-0.1, -0.05) is 42.0 Å². The van der Waals surface area contributed by atoms with Gasteiger partial charge in [-0.05, 0) is 77.1 Å². The number of benzene rings is 2. The Morgan fingerprint density at radius 2 is 1.71 bits per heavy atom. The standard InChI is InChI=1S/C27H37NO3/c1-19(2)31-24-12-10-22(11-13-24)25(21-8-6-20(3)7-9-21)14-15-26(29)28-23-16-17-30-27(4,5)18-23/h6-13,19,23,25H,14-18H2,1-5H3,(H,28,29)/t23-,25+/m0/s1. The lowest BCUT2D eigenvalue weighted by molar-refractivity contribution is -0.124. The zero-order chi connectivity index (χ0) is 22.4. The molecule has 4 heteroatoms. The number of ether oxygens (including phenoxy) is 2. The van der Waals surface area contributed by atoms with Gasteiger partial charge >= 0.3 is 0 Å². The summed E-state index contributed by atoms with van der Waals surface area (Å²) in [6.45, 7) is 11.0. The van der Waals surface area contributed by atoms with Crippen LogP contribution in [0, 0.1) is 6.92 Å². The lowest BCUT2D eigenvalue weighted by atomic mass is 9.87. The first-order valence-electron chi connectivity index (χ1n) is 11.5. The number of amides is 1. The molecule has 1 aliphatic heterocycles. The number of rotatable bonds is 8. The van der Waals surface area contributed by atoms with E-state index >= 15 is 0 Å². The molecule has 1 heterocycles. The van der Waals surface area contributed by atoms with Crippen molar-refractivity contribution in [1.29, 1.82) is 0 Å². The molecule has 4 nitrogen and oxygen atoms in total. The highest BCUT2D eigenvalue weighted by molar-refractivity contribution is 5.76. The number of hydrogen-bond acceptors (Lipinski definition) is 3. The summed E-state index contributed by atoms with van der Waals surface area (Å²) in [6, 6.07) is 17.1. The second kappa shape index (κ2) is 10.3. The van der Waals surface area contributed by atoms with E-state index in [9.17, 15) is 4.79 Å². The molecule has 0 bridgehead atoms. The van der Waals surface area contributed by atoms with E-state index in [0.29, 0.717) is 13.0 Å². The molecule has 0 unspecified atom stereocenters. The molecule has 1 N–H and O–H groups in total. The summed E-state index contributed by atoms with van der Waals surface area (Å²) in [5.74, 6) is 1.17. The number of aryl methyl sites for hydroxylation is 1. The first-order chi connectivity index (χ1) is 14.7. The number of carbonyl (C=O) groups excluding carboxylic acids is 1. The first kappa shape index (κ1) is 23.3. The monoisotopic (exact) mass is 423 g/mol. The summed E-state index contributed by atoms with van der Waals surface area (Å²) in [5, 5.41) is 3.23. The molecule has 168 valence electrons. The van der Waals surface area contributed by atoms with Crippen molar-refractivity contribution >= 4 is 5.91 Å². The largest absolute Gasteiger partial charge is 0.491 e. The average Bonchev–Trinajstić information content (AvgIpc) is 2.69. The SMILES string of the molecule is Cc1ccc([C@@H](CCC(=O)N[C@H]2CCOC(C)(C)C2)c2ccc(OC(C)C)cc2)cc1. The molecule has 1 saturated heterocycles. The molecule has 0 aliphatic carbocycles. The van der Waals surface area contributed by atoms with Crippen molar-refractivity contribution in [3.63, 3.8) is 0 Å². The first-order valence-corrected chi connectivity index (χ1v) is 11.5. The molecule has 1 amide bonds. The van der Waals surface area contributed by atoms with Gasteiger partial charge in [0.25, 0.3) is 0 Å². The Balaban J connectivity index is 1.68. The van der Waals surface area contributed by atoms with Crippen LogP contribution in [0.4, 0.5) is 0 Å². The molecule has 31 heavy (non-hydrogen) atoms. The third-order valence-electron chi connectivity index (χ3n) is 5.86. The number of carbonyl (C=O) groups is 1. The van der Waals surface area contributed by atoms with E-state index in [1.54, 1.807) is 0 Å². The van der Waals surface area contributed by atoms with Gasteiger partial charge in [0.05, 0.1) is 11.7 Å².